The third kappa shape index (κ3) is 23.3. The molecule has 0 heterocycles. The molecular weight excluding hydrogens is 340 g/mol. The van der Waals surface area contributed by atoms with Crippen LogP contribution in [0.25, 0.3) is 0 Å². The van der Waals surface area contributed by atoms with Crippen molar-refractivity contribution < 1.29 is 19.7 Å². The van der Waals surface area contributed by atoms with E-state index < -0.39 is 6.10 Å². The van der Waals surface area contributed by atoms with Crippen LogP contribution in [0.4, 0.5) is 0 Å². The van der Waals surface area contributed by atoms with Crippen molar-refractivity contribution in [1.82, 2.24) is 0 Å². The standard InChI is InChI=1S/C23H44O4/c1-22(25)18-16-14-12-10-8-6-4-2-3-5-7-9-11-13-15-17-19-27-21-23(26)20-24/h2-3,23-24,26H,4-21H2,1H3. The molecule has 2 N–H and O–H groups in total. The number of carbonyl (C=O) groups is 1. The molecule has 1 atom stereocenters. The van der Waals surface area contributed by atoms with Crippen LogP contribution in [0.1, 0.15) is 103 Å². The molecule has 4 heteroatoms. The summed E-state index contributed by atoms with van der Waals surface area (Å²) in [5.41, 5.74) is 0. The Morgan fingerprint density at radius 2 is 1.30 bits per heavy atom. The van der Waals surface area contributed by atoms with E-state index in [1.54, 1.807) is 6.92 Å². The summed E-state index contributed by atoms with van der Waals surface area (Å²) in [6.45, 7) is 2.37. The fourth-order valence-corrected chi connectivity index (χ4v) is 3.02. The maximum atomic E-state index is 10.8. The Labute approximate surface area is 167 Å². The monoisotopic (exact) mass is 384 g/mol. The summed E-state index contributed by atoms with van der Waals surface area (Å²) in [6.07, 6.45) is 21.9. The van der Waals surface area contributed by atoms with Crippen LogP contribution in [-0.2, 0) is 9.53 Å². The Hall–Kier alpha value is -0.710. The molecule has 0 aliphatic heterocycles. The third-order valence-electron chi connectivity index (χ3n) is 4.75. The summed E-state index contributed by atoms with van der Waals surface area (Å²) < 4.78 is 5.29. The van der Waals surface area contributed by atoms with Crippen molar-refractivity contribution >= 4 is 5.78 Å². The third-order valence-corrected chi connectivity index (χ3v) is 4.75. The minimum Gasteiger partial charge on any atom is -0.394 e. The van der Waals surface area contributed by atoms with Crippen molar-refractivity contribution in [3.05, 3.63) is 12.2 Å². The number of ether oxygens (including phenoxy) is 1. The van der Waals surface area contributed by atoms with Gasteiger partial charge in [-0.3, -0.25) is 0 Å². The second-order valence-corrected chi connectivity index (χ2v) is 7.65. The zero-order chi connectivity index (χ0) is 20.0. The number of aliphatic hydroxyl groups is 2. The van der Waals surface area contributed by atoms with E-state index in [4.69, 9.17) is 14.9 Å². The van der Waals surface area contributed by atoms with E-state index in [9.17, 15) is 4.79 Å². The molecule has 0 saturated heterocycles. The number of rotatable bonds is 21. The lowest BCUT2D eigenvalue weighted by Gasteiger charge is -2.07. The normalized spacial score (nSPS) is 12.7. The maximum Gasteiger partial charge on any atom is 0.129 e. The van der Waals surface area contributed by atoms with Gasteiger partial charge in [0.2, 0.25) is 0 Å². The van der Waals surface area contributed by atoms with Gasteiger partial charge in [0.05, 0.1) is 13.2 Å². The van der Waals surface area contributed by atoms with Crippen molar-refractivity contribution in [2.24, 2.45) is 0 Å². The lowest BCUT2D eigenvalue weighted by molar-refractivity contribution is -0.117. The Bertz CT molecular complexity index is 341. The molecule has 0 aliphatic carbocycles. The van der Waals surface area contributed by atoms with Crippen molar-refractivity contribution in [2.75, 3.05) is 19.8 Å². The lowest BCUT2D eigenvalue weighted by Crippen LogP contribution is -2.19. The molecule has 160 valence electrons. The molecule has 0 bridgehead atoms. The second kappa shape index (κ2) is 21.6. The van der Waals surface area contributed by atoms with Gasteiger partial charge < -0.3 is 19.7 Å². The van der Waals surface area contributed by atoms with E-state index in [1.165, 1.54) is 77.0 Å². The molecule has 0 fully saturated rings. The number of hydrogen-bond donors (Lipinski definition) is 2. The Morgan fingerprint density at radius 1 is 0.815 bits per heavy atom. The first kappa shape index (κ1) is 26.3. The first-order valence-electron chi connectivity index (χ1n) is 11.2. The molecule has 1 unspecified atom stereocenters. The van der Waals surface area contributed by atoms with Gasteiger partial charge in [-0.2, -0.15) is 0 Å². The maximum absolute atomic E-state index is 10.8. The van der Waals surface area contributed by atoms with Crippen LogP contribution in [0.2, 0.25) is 0 Å². The average molecular weight is 385 g/mol. The first-order chi connectivity index (χ1) is 13.2. The van der Waals surface area contributed by atoms with E-state index in [2.05, 4.69) is 12.2 Å². The number of hydrogen-bond acceptors (Lipinski definition) is 4. The van der Waals surface area contributed by atoms with Gasteiger partial charge >= 0.3 is 0 Å². The molecule has 0 aliphatic rings. The molecule has 0 spiro atoms. The summed E-state index contributed by atoms with van der Waals surface area (Å²) in [4.78, 5) is 10.8. The predicted octanol–water partition coefficient (Wildman–Crippen LogP) is 5.35. The fraction of sp³-hybridized carbons (Fsp3) is 0.870. The van der Waals surface area contributed by atoms with Crippen molar-refractivity contribution in [2.45, 2.75) is 109 Å². The van der Waals surface area contributed by atoms with E-state index >= 15 is 0 Å². The largest absolute Gasteiger partial charge is 0.394 e. The van der Waals surface area contributed by atoms with E-state index in [-0.39, 0.29) is 13.2 Å². The quantitative estimate of drug-likeness (QED) is 0.207. The molecule has 0 aromatic carbocycles. The van der Waals surface area contributed by atoms with Crippen LogP contribution in [0.3, 0.4) is 0 Å². The van der Waals surface area contributed by atoms with E-state index in [0.29, 0.717) is 12.4 Å². The molecule has 27 heavy (non-hydrogen) atoms. The van der Waals surface area contributed by atoms with Gasteiger partial charge in [0, 0.05) is 13.0 Å². The zero-order valence-electron chi connectivity index (χ0n) is 17.7. The molecule has 0 aromatic heterocycles. The van der Waals surface area contributed by atoms with Crippen molar-refractivity contribution in [1.29, 1.82) is 0 Å². The minimum atomic E-state index is -0.735. The van der Waals surface area contributed by atoms with Crippen LogP contribution in [-0.4, -0.2) is 41.9 Å². The molecular formula is C23H44O4. The number of carbonyl (C=O) groups excluding carboxylic acids is 1. The van der Waals surface area contributed by atoms with Crippen LogP contribution in [0.5, 0.6) is 0 Å². The summed E-state index contributed by atoms with van der Waals surface area (Å²) >= 11 is 0. The molecule has 0 saturated carbocycles. The van der Waals surface area contributed by atoms with Gasteiger partial charge in [-0.15, -0.1) is 0 Å². The smallest absolute Gasteiger partial charge is 0.129 e. The zero-order valence-corrected chi connectivity index (χ0v) is 17.7. The Kier molecular flexibility index (Phi) is 21.0. The first-order valence-corrected chi connectivity index (χ1v) is 11.2. The number of Topliss-reactive ketones (excluding diaryl/α,β-unsaturated/α-hetero) is 1. The van der Waals surface area contributed by atoms with E-state index in [1.807, 2.05) is 0 Å². The second-order valence-electron chi connectivity index (χ2n) is 7.65. The van der Waals surface area contributed by atoms with Crippen LogP contribution < -0.4 is 0 Å². The Morgan fingerprint density at radius 3 is 1.81 bits per heavy atom. The highest BCUT2D eigenvalue weighted by atomic mass is 16.5. The van der Waals surface area contributed by atoms with Gasteiger partial charge in [0.1, 0.15) is 11.9 Å². The van der Waals surface area contributed by atoms with Crippen LogP contribution in [0, 0.1) is 0 Å². The molecule has 0 rings (SSSR count). The summed E-state index contributed by atoms with van der Waals surface area (Å²) in [5, 5.41) is 17.8. The molecule has 0 aromatic rings. The van der Waals surface area contributed by atoms with Gasteiger partial charge in [-0.05, 0) is 45.4 Å². The fourth-order valence-electron chi connectivity index (χ4n) is 3.02. The van der Waals surface area contributed by atoms with Crippen molar-refractivity contribution in [3.63, 3.8) is 0 Å². The molecule has 0 amide bonds. The number of aliphatic hydroxyl groups excluding tert-OH is 2. The van der Waals surface area contributed by atoms with Gasteiger partial charge in [-0.25, -0.2) is 0 Å². The van der Waals surface area contributed by atoms with Crippen molar-refractivity contribution in [3.8, 4) is 0 Å². The highest BCUT2D eigenvalue weighted by molar-refractivity contribution is 5.75. The topological polar surface area (TPSA) is 66.8 Å². The average Bonchev–Trinajstić information content (AvgIpc) is 2.65. The summed E-state index contributed by atoms with van der Waals surface area (Å²) in [6, 6.07) is 0. The minimum absolute atomic E-state index is 0.225. The SMILES string of the molecule is CC(=O)CCCCCCCCC=CCCCCCCCCOCC(O)CO. The molecule has 0 radical (unpaired) electrons. The lowest BCUT2D eigenvalue weighted by atomic mass is 10.1. The highest BCUT2D eigenvalue weighted by Crippen LogP contribution is 2.10. The molecule has 4 nitrogen and oxygen atoms in total. The highest BCUT2D eigenvalue weighted by Gasteiger charge is 2.00. The van der Waals surface area contributed by atoms with E-state index in [0.717, 1.165) is 19.3 Å². The number of ketones is 1. The van der Waals surface area contributed by atoms with Gasteiger partial charge in [-0.1, -0.05) is 63.5 Å². The summed E-state index contributed by atoms with van der Waals surface area (Å²) in [7, 11) is 0. The number of allylic oxidation sites excluding steroid dienone is 2. The summed E-state index contributed by atoms with van der Waals surface area (Å²) in [5.74, 6) is 0.321. The number of unbranched alkanes of at least 4 members (excludes halogenated alkanes) is 12. The van der Waals surface area contributed by atoms with Gasteiger partial charge in [0.25, 0.3) is 0 Å². The Balaban J connectivity index is 3.11. The van der Waals surface area contributed by atoms with Gasteiger partial charge in [0.15, 0.2) is 0 Å². The van der Waals surface area contributed by atoms with Crippen LogP contribution in [0.15, 0.2) is 12.2 Å². The van der Waals surface area contributed by atoms with Crippen LogP contribution >= 0.6 is 0 Å². The predicted molar refractivity (Wildman–Crippen MR) is 113 cm³/mol.